The zero-order chi connectivity index (χ0) is 28.6. The zero-order valence-corrected chi connectivity index (χ0v) is 24.0. The molecule has 0 saturated heterocycles. The van der Waals surface area contributed by atoms with Gasteiger partial charge in [0.1, 0.15) is 10.0 Å². The number of benzene rings is 2. The Labute approximate surface area is 240 Å². The van der Waals surface area contributed by atoms with Crippen LogP contribution in [0.4, 0.5) is 10.3 Å². The van der Waals surface area contributed by atoms with Gasteiger partial charge in [0, 0.05) is 12.8 Å². The minimum Gasteiger partial charge on any atom is -0.375 e. The summed E-state index contributed by atoms with van der Waals surface area (Å²) in [4.78, 5) is 25.7. The van der Waals surface area contributed by atoms with Crippen molar-refractivity contribution in [3.63, 3.8) is 0 Å². The molecule has 4 rings (SSSR count). The van der Waals surface area contributed by atoms with E-state index in [0.29, 0.717) is 34.2 Å². The van der Waals surface area contributed by atoms with E-state index in [4.69, 9.17) is 0 Å². The lowest BCUT2D eigenvalue weighted by Gasteiger charge is -2.25. The maximum Gasteiger partial charge on any atom is 0.262 e. The lowest BCUT2D eigenvalue weighted by molar-refractivity contribution is -0.135. The topological polar surface area (TPSA) is 150 Å². The fourth-order valence-corrected chi connectivity index (χ4v) is 5.74. The number of aromatic nitrogens is 4. The summed E-state index contributed by atoms with van der Waals surface area (Å²) >= 11 is 2.56. The molecule has 0 fully saturated rings. The largest absolute Gasteiger partial charge is 0.375 e. The number of nitrogens with one attached hydrogen (secondary N) is 2. The maximum absolute atomic E-state index is 12.8. The molecule has 40 heavy (non-hydrogen) atoms. The summed E-state index contributed by atoms with van der Waals surface area (Å²) in [7, 11) is 0. The van der Waals surface area contributed by atoms with Crippen LogP contribution in [0.15, 0.2) is 60.7 Å². The van der Waals surface area contributed by atoms with Gasteiger partial charge < -0.3 is 10.2 Å². The molecule has 0 aliphatic rings. The van der Waals surface area contributed by atoms with Crippen molar-refractivity contribution in [1.82, 2.24) is 20.4 Å². The van der Waals surface area contributed by atoms with Gasteiger partial charge in [-0.25, -0.2) is 0 Å². The number of amides is 2. The van der Waals surface area contributed by atoms with E-state index in [9.17, 15) is 19.8 Å². The Morgan fingerprint density at radius 3 is 1.40 bits per heavy atom. The molecule has 2 aromatic heterocycles. The van der Waals surface area contributed by atoms with Gasteiger partial charge in [-0.3, -0.25) is 20.2 Å². The Bertz CT molecular complexity index is 1310. The fraction of sp³-hybridized carbons (Fsp3) is 0.357. The average molecular weight is 581 g/mol. The zero-order valence-electron chi connectivity index (χ0n) is 22.3. The molecule has 210 valence electrons. The number of hydrogen-bond acceptors (Lipinski definition) is 10. The lowest BCUT2D eigenvalue weighted by Crippen LogP contribution is -2.39. The van der Waals surface area contributed by atoms with Crippen LogP contribution in [0, 0.1) is 0 Å². The van der Waals surface area contributed by atoms with Gasteiger partial charge in [-0.05, 0) is 36.8 Å². The maximum atomic E-state index is 12.8. The molecule has 4 N–H and O–H groups in total. The van der Waals surface area contributed by atoms with Crippen molar-refractivity contribution in [3.8, 4) is 0 Å². The number of hydrogen-bond donors (Lipinski definition) is 4. The van der Waals surface area contributed by atoms with Gasteiger partial charge in [0.2, 0.25) is 10.3 Å². The summed E-state index contributed by atoms with van der Waals surface area (Å²) in [5.41, 5.74) is -2.25. The number of nitrogens with zero attached hydrogens (tertiary/aromatic N) is 4. The van der Waals surface area contributed by atoms with E-state index in [1.807, 2.05) is 12.1 Å². The van der Waals surface area contributed by atoms with Crippen molar-refractivity contribution >= 4 is 44.8 Å². The van der Waals surface area contributed by atoms with E-state index in [1.54, 1.807) is 62.4 Å². The summed E-state index contributed by atoms with van der Waals surface area (Å²) < 4.78 is 0. The molecule has 2 atom stereocenters. The van der Waals surface area contributed by atoms with Crippen molar-refractivity contribution in [2.24, 2.45) is 0 Å². The summed E-state index contributed by atoms with van der Waals surface area (Å²) in [6, 6.07) is 17.7. The van der Waals surface area contributed by atoms with Gasteiger partial charge in [-0.2, -0.15) is 0 Å². The second kappa shape index (κ2) is 13.2. The van der Waals surface area contributed by atoms with Gasteiger partial charge in [0.05, 0.1) is 0 Å². The van der Waals surface area contributed by atoms with Crippen LogP contribution >= 0.6 is 22.7 Å². The monoisotopic (exact) mass is 580 g/mol. The van der Waals surface area contributed by atoms with Crippen LogP contribution in [0.2, 0.25) is 0 Å². The van der Waals surface area contributed by atoms with Gasteiger partial charge in [0.25, 0.3) is 11.8 Å². The van der Waals surface area contributed by atoms with E-state index >= 15 is 0 Å². The van der Waals surface area contributed by atoms with Gasteiger partial charge >= 0.3 is 0 Å². The molecule has 0 saturated carbocycles. The van der Waals surface area contributed by atoms with Gasteiger partial charge in [0.15, 0.2) is 11.2 Å². The molecule has 0 spiro atoms. The smallest absolute Gasteiger partial charge is 0.262 e. The van der Waals surface area contributed by atoms with Crippen molar-refractivity contribution in [2.45, 2.75) is 63.6 Å². The second-order valence-corrected chi connectivity index (χ2v) is 11.4. The number of aliphatic hydroxyl groups is 2. The number of carbonyl (C=O) groups is 2. The number of anilines is 2. The van der Waals surface area contributed by atoms with E-state index < -0.39 is 23.0 Å². The SMILES string of the molecule is CC[C@@](O)(C(=O)Nc1nnc(CCCCc2nnc(NC(=O)[C@](O)(CC)c3ccccc3)s2)s1)c1ccccc1. The molecule has 0 bridgehead atoms. The third-order valence-corrected chi connectivity index (χ3v) is 8.48. The minimum atomic E-state index is -1.65. The quantitative estimate of drug-likeness (QED) is 0.170. The van der Waals surface area contributed by atoms with Crippen LogP contribution in [-0.4, -0.2) is 42.4 Å². The highest BCUT2D eigenvalue weighted by Gasteiger charge is 2.37. The highest BCUT2D eigenvalue weighted by Crippen LogP contribution is 2.29. The summed E-state index contributed by atoms with van der Waals surface area (Å²) in [6.07, 6.45) is 3.42. The van der Waals surface area contributed by atoms with Crippen LogP contribution < -0.4 is 10.6 Å². The molecule has 0 aliphatic heterocycles. The molecule has 0 unspecified atom stereocenters. The first-order chi connectivity index (χ1) is 19.3. The van der Waals surface area contributed by atoms with Crippen LogP contribution in [0.1, 0.15) is 60.7 Å². The predicted molar refractivity (Wildman–Crippen MR) is 155 cm³/mol. The van der Waals surface area contributed by atoms with Crippen LogP contribution in [0.25, 0.3) is 0 Å². The summed E-state index contributed by atoms with van der Waals surface area (Å²) in [6.45, 7) is 3.51. The number of unbranched alkanes of at least 4 members (excludes halogenated alkanes) is 1. The molecule has 2 aromatic carbocycles. The second-order valence-electron chi connectivity index (χ2n) is 9.28. The van der Waals surface area contributed by atoms with Gasteiger partial charge in [-0.1, -0.05) is 97.2 Å². The van der Waals surface area contributed by atoms with E-state index in [-0.39, 0.29) is 12.8 Å². The third-order valence-electron chi connectivity index (χ3n) is 6.68. The van der Waals surface area contributed by atoms with Crippen molar-refractivity contribution in [1.29, 1.82) is 0 Å². The van der Waals surface area contributed by atoms with Crippen molar-refractivity contribution in [3.05, 3.63) is 81.8 Å². The molecule has 2 heterocycles. The van der Waals surface area contributed by atoms with Crippen LogP contribution in [0.5, 0.6) is 0 Å². The van der Waals surface area contributed by atoms with Gasteiger partial charge in [-0.15, -0.1) is 20.4 Å². The Balaban J connectivity index is 1.24. The number of rotatable bonds is 13. The summed E-state index contributed by atoms with van der Waals surface area (Å²) in [5, 5.41) is 46.0. The molecular weight excluding hydrogens is 548 g/mol. The van der Waals surface area contributed by atoms with Crippen LogP contribution in [0.3, 0.4) is 0 Å². The highest BCUT2D eigenvalue weighted by molar-refractivity contribution is 7.15. The third kappa shape index (κ3) is 6.76. The van der Waals surface area contributed by atoms with Crippen LogP contribution in [-0.2, 0) is 33.6 Å². The Hall–Kier alpha value is -3.58. The Morgan fingerprint density at radius 1 is 0.675 bits per heavy atom. The van der Waals surface area contributed by atoms with Crippen molar-refractivity contribution in [2.75, 3.05) is 10.6 Å². The molecule has 12 heteroatoms. The highest BCUT2D eigenvalue weighted by atomic mass is 32.1. The standard InChI is InChI=1S/C28H32N6O4S2/c1-3-27(37,19-13-7-5-8-14-19)23(35)29-25-33-31-21(39-25)17-11-12-18-22-32-34-26(40-22)30-24(36)28(38,4-2)20-15-9-6-10-16-20/h5-10,13-16,37-38H,3-4,11-12,17-18H2,1-2H3,(H,29,33,35)(H,30,34,36)/t27-,28-/m0/s1. The van der Waals surface area contributed by atoms with E-state index in [1.165, 1.54) is 22.7 Å². The lowest BCUT2D eigenvalue weighted by atomic mass is 9.90. The summed E-state index contributed by atoms with van der Waals surface area (Å²) in [5.74, 6) is -1.08. The first-order valence-corrected chi connectivity index (χ1v) is 14.7. The Kier molecular flexibility index (Phi) is 9.69. The number of aryl methyl sites for hydroxylation is 2. The number of carbonyl (C=O) groups excluding carboxylic acids is 2. The molecule has 2 amide bonds. The molecule has 0 radical (unpaired) electrons. The normalized spacial score (nSPS) is 14.2. The fourth-order valence-electron chi connectivity index (χ4n) is 4.18. The van der Waals surface area contributed by atoms with Crippen molar-refractivity contribution < 1.29 is 19.8 Å². The first-order valence-electron chi connectivity index (χ1n) is 13.1. The van der Waals surface area contributed by atoms with E-state index in [0.717, 1.165) is 22.9 Å². The molecular formula is C28H32N6O4S2. The molecule has 10 nitrogen and oxygen atoms in total. The predicted octanol–water partition coefficient (Wildman–Crippen LogP) is 4.43. The first kappa shape index (κ1) is 29.4. The Morgan fingerprint density at radius 2 is 1.05 bits per heavy atom. The minimum absolute atomic E-state index is 0.220. The molecule has 0 aliphatic carbocycles. The average Bonchev–Trinajstić information content (AvgIpc) is 3.64. The molecule has 4 aromatic rings. The van der Waals surface area contributed by atoms with E-state index in [2.05, 4.69) is 31.0 Å².